The average Bonchev–Trinajstić information content (AvgIpc) is 3.13. The molecule has 0 bridgehead atoms. The van der Waals surface area contributed by atoms with Crippen molar-refractivity contribution in [3.05, 3.63) is 105 Å². The second-order valence-corrected chi connectivity index (χ2v) is 10.7. The van der Waals surface area contributed by atoms with Crippen LogP contribution in [-0.2, 0) is 14.1 Å². The van der Waals surface area contributed by atoms with E-state index in [4.69, 9.17) is 18.9 Å². The molecule has 0 spiro atoms. The largest absolute Gasteiger partial charge is 0.496 e. The number of hydrogen-bond acceptors (Lipinski definition) is 10. The molecule has 0 saturated carbocycles. The van der Waals surface area contributed by atoms with Crippen LogP contribution in [0.5, 0.6) is 23.0 Å². The molecule has 13 heteroatoms. The number of aryl methyl sites for hydroxylation is 2. The summed E-state index contributed by atoms with van der Waals surface area (Å²) >= 11 is 0. The summed E-state index contributed by atoms with van der Waals surface area (Å²) in [6, 6.07) is 10.3. The van der Waals surface area contributed by atoms with Crippen LogP contribution < -0.4 is 30.1 Å². The number of carboxylic acid groups (broad SMARTS) is 1. The van der Waals surface area contributed by atoms with Crippen molar-refractivity contribution in [2.45, 2.75) is 22.3 Å². The van der Waals surface area contributed by atoms with E-state index in [0.29, 0.717) is 45.1 Å². The third kappa shape index (κ3) is 7.63. The zero-order chi connectivity index (χ0) is 35.4. The maximum absolute atomic E-state index is 12.3. The van der Waals surface area contributed by atoms with Gasteiger partial charge in [0.05, 0.1) is 44.8 Å². The van der Waals surface area contributed by atoms with Gasteiger partial charge in [0.15, 0.2) is 6.29 Å². The standard InChI is InChI=1S/C18H16N2O5.C18H16N2O4.3CH4/c1-20-9-13(11-4-5-19-8-12(11)17(20)21)10-6-14(24-2)16(18(22)23)15(7-10)25-3;1-20-9-14(12-4-5-19-8-13(12)18(20)22)11-6-16(23-2)15(10-21)17(7-11)24-3;;;/h4-9H,1-3H3,(H,22,23);4-10H,1-3H3;3*1H4. The maximum Gasteiger partial charge on any atom is 0.343 e. The van der Waals surface area contributed by atoms with Gasteiger partial charge in [-0.1, -0.05) is 22.3 Å². The van der Waals surface area contributed by atoms with Gasteiger partial charge in [-0.15, -0.1) is 0 Å². The Balaban J connectivity index is 0.000000341. The molecule has 6 rings (SSSR count). The van der Waals surface area contributed by atoms with Crippen molar-refractivity contribution in [1.29, 1.82) is 0 Å². The predicted molar refractivity (Wildman–Crippen MR) is 204 cm³/mol. The van der Waals surface area contributed by atoms with Crippen LogP contribution in [0.4, 0.5) is 0 Å². The molecule has 6 aromatic rings. The molecule has 0 amide bonds. The van der Waals surface area contributed by atoms with E-state index in [-0.39, 0.29) is 50.5 Å². The van der Waals surface area contributed by atoms with Gasteiger partial charge >= 0.3 is 5.97 Å². The summed E-state index contributed by atoms with van der Waals surface area (Å²) < 4.78 is 24.1. The van der Waals surface area contributed by atoms with E-state index < -0.39 is 5.97 Å². The molecule has 0 aliphatic carbocycles. The van der Waals surface area contributed by atoms with Gasteiger partial charge in [0.25, 0.3) is 11.1 Å². The number of aromatic carboxylic acids is 1. The Morgan fingerprint density at radius 1 is 0.654 bits per heavy atom. The highest BCUT2D eigenvalue weighted by Gasteiger charge is 2.21. The highest BCUT2D eigenvalue weighted by atomic mass is 16.5. The summed E-state index contributed by atoms with van der Waals surface area (Å²) in [4.78, 5) is 55.4. The minimum absolute atomic E-state index is 0. The Hall–Kier alpha value is -6.50. The summed E-state index contributed by atoms with van der Waals surface area (Å²) in [5.41, 5.74) is 3.03. The fourth-order valence-corrected chi connectivity index (χ4v) is 5.57. The molecule has 52 heavy (non-hydrogen) atoms. The number of pyridine rings is 4. The van der Waals surface area contributed by atoms with Crippen LogP contribution in [0.1, 0.15) is 43.0 Å². The normalized spacial score (nSPS) is 10.0. The third-order valence-electron chi connectivity index (χ3n) is 7.97. The average molecular weight is 713 g/mol. The van der Waals surface area contributed by atoms with Crippen LogP contribution in [0.25, 0.3) is 43.8 Å². The molecular weight excluding hydrogens is 668 g/mol. The van der Waals surface area contributed by atoms with Crippen LogP contribution >= 0.6 is 0 Å². The summed E-state index contributed by atoms with van der Waals surface area (Å²) in [5, 5.41) is 11.9. The first-order valence-electron chi connectivity index (χ1n) is 14.7. The number of aldehydes is 1. The second-order valence-electron chi connectivity index (χ2n) is 10.7. The van der Waals surface area contributed by atoms with Crippen molar-refractivity contribution in [2.75, 3.05) is 28.4 Å². The highest BCUT2D eigenvalue weighted by molar-refractivity contribution is 6.00. The lowest BCUT2D eigenvalue weighted by Crippen LogP contribution is -2.16. The Morgan fingerprint density at radius 2 is 1.02 bits per heavy atom. The zero-order valence-corrected chi connectivity index (χ0v) is 27.5. The fraction of sp³-hybridized carbons (Fsp3) is 0.231. The first-order valence-corrected chi connectivity index (χ1v) is 14.7. The molecule has 4 aromatic heterocycles. The Morgan fingerprint density at radius 3 is 1.35 bits per heavy atom. The molecule has 0 fully saturated rings. The number of aromatic nitrogens is 4. The molecule has 1 N–H and O–H groups in total. The van der Waals surface area contributed by atoms with Crippen molar-refractivity contribution >= 4 is 33.8 Å². The van der Waals surface area contributed by atoms with Gasteiger partial charge in [0.2, 0.25) is 0 Å². The monoisotopic (exact) mass is 712 g/mol. The van der Waals surface area contributed by atoms with E-state index in [1.807, 2.05) is 0 Å². The van der Waals surface area contributed by atoms with Gasteiger partial charge in [-0.05, 0) is 58.3 Å². The maximum atomic E-state index is 12.3. The lowest BCUT2D eigenvalue weighted by molar-refractivity contribution is 0.0689. The van der Waals surface area contributed by atoms with E-state index in [9.17, 15) is 24.3 Å². The van der Waals surface area contributed by atoms with Crippen LogP contribution in [0, 0.1) is 0 Å². The number of fused-ring (bicyclic) bond motifs is 2. The van der Waals surface area contributed by atoms with Crippen molar-refractivity contribution < 1.29 is 33.6 Å². The summed E-state index contributed by atoms with van der Waals surface area (Å²) in [7, 11) is 9.12. The topological polar surface area (TPSA) is 161 Å². The van der Waals surface area contributed by atoms with Crippen LogP contribution in [0.3, 0.4) is 0 Å². The van der Waals surface area contributed by atoms with Crippen LogP contribution in [-0.4, -0.2) is 64.9 Å². The van der Waals surface area contributed by atoms with Crippen molar-refractivity contribution in [1.82, 2.24) is 19.1 Å². The number of carbonyl (C=O) groups is 2. The fourth-order valence-electron chi connectivity index (χ4n) is 5.57. The van der Waals surface area contributed by atoms with Gasteiger partial charge in [-0.3, -0.25) is 24.4 Å². The van der Waals surface area contributed by atoms with Gasteiger partial charge in [-0.2, -0.15) is 0 Å². The zero-order valence-electron chi connectivity index (χ0n) is 27.5. The number of hydrogen-bond donors (Lipinski definition) is 1. The predicted octanol–water partition coefficient (Wildman–Crippen LogP) is 6.65. The van der Waals surface area contributed by atoms with Gasteiger partial charge in [0.1, 0.15) is 28.6 Å². The lowest BCUT2D eigenvalue weighted by Gasteiger charge is -2.14. The van der Waals surface area contributed by atoms with Gasteiger partial charge < -0.3 is 33.2 Å². The third-order valence-corrected chi connectivity index (χ3v) is 7.97. The van der Waals surface area contributed by atoms with E-state index in [0.717, 1.165) is 22.1 Å². The molecule has 0 atom stereocenters. The van der Waals surface area contributed by atoms with E-state index >= 15 is 0 Å². The number of methoxy groups -OCH3 is 4. The molecule has 4 heterocycles. The smallest absolute Gasteiger partial charge is 0.343 e. The molecule has 0 aliphatic rings. The first kappa shape index (κ1) is 41.7. The van der Waals surface area contributed by atoms with Crippen molar-refractivity contribution in [2.24, 2.45) is 14.1 Å². The number of carbonyl (C=O) groups excluding carboxylic acids is 1. The molecule has 13 nitrogen and oxygen atoms in total. The number of carboxylic acids is 1. The number of benzene rings is 2. The molecule has 274 valence electrons. The van der Waals surface area contributed by atoms with E-state index in [1.165, 1.54) is 43.8 Å². The minimum atomic E-state index is -1.14. The first-order chi connectivity index (χ1) is 23.6. The van der Waals surface area contributed by atoms with Gasteiger partial charge in [-0.25, -0.2) is 4.79 Å². The van der Waals surface area contributed by atoms with E-state index in [2.05, 4.69) is 9.97 Å². The molecule has 0 radical (unpaired) electrons. The Bertz CT molecular complexity index is 2310. The molecule has 0 saturated heterocycles. The summed E-state index contributed by atoms with van der Waals surface area (Å²) in [6.07, 6.45) is 10.4. The summed E-state index contributed by atoms with van der Waals surface area (Å²) in [5.74, 6) is 0.0383. The molecule has 0 aliphatic heterocycles. The Kier molecular flexibility index (Phi) is 14.0. The van der Waals surface area contributed by atoms with Gasteiger partial charge in [0, 0.05) is 62.4 Å². The molecule has 2 aromatic carbocycles. The summed E-state index contributed by atoms with van der Waals surface area (Å²) in [6.45, 7) is 0. The number of nitrogens with zero attached hydrogens (tertiary/aromatic N) is 4. The second kappa shape index (κ2) is 17.4. The number of ether oxygens (including phenoxy) is 4. The van der Waals surface area contributed by atoms with Crippen LogP contribution in [0.15, 0.2) is 83.2 Å². The minimum Gasteiger partial charge on any atom is -0.496 e. The number of rotatable bonds is 8. The van der Waals surface area contributed by atoms with Crippen molar-refractivity contribution in [3.63, 3.8) is 0 Å². The Labute approximate surface area is 301 Å². The SMILES string of the molecule is C.C.C.COc1cc(-c2cn(C)c(=O)c3cnccc23)cc(OC)c1C(=O)O.COc1cc(-c2cn(C)c(=O)c3cnccc23)cc(OC)c1C=O. The molecule has 0 unspecified atom stereocenters. The van der Waals surface area contributed by atoms with Crippen molar-refractivity contribution in [3.8, 4) is 45.3 Å². The lowest BCUT2D eigenvalue weighted by atomic mass is 9.99. The highest BCUT2D eigenvalue weighted by Crippen LogP contribution is 2.38. The van der Waals surface area contributed by atoms with E-state index in [1.54, 1.807) is 81.5 Å². The van der Waals surface area contributed by atoms with Crippen LogP contribution in [0.2, 0.25) is 0 Å². The quantitative estimate of drug-likeness (QED) is 0.168. The molecular formula is C39H44N4O9.